The van der Waals surface area contributed by atoms with Crippen LogP contribution in [-0.4, -0.2) is 43.3 Å². The number of methoxy groups -OCH3 is 1. The highest BCUT2D eigenvalue weighted by Crippen LogP contribution is 2.33. The van der Waals surface area contributed by atoms with Gasteiger partial charge in [-0.05, 0) is 24.6 Å². The topological polar surface area (TPSA) is 44.7 Å². The van der Waals surface area contributed by atoms with Crippen LogP contribution in [0.4, 0.5) is 0 Å². The second kappa shape index (κ2) is 9.29. The van der Waals surface area contributed by atoms with Crippen molar-refractivity contribution in [3.63, 3.8) is 0 Å². The Balaban J connectivity index is 0.00000180. The second-order valence-corrected chi connectivity index (χ2v) is 4.63. The van der Waals surface area contributed by atoms with E-state index in [-0.39, 0.29) is 30.9 Å². The molecule has 0 aliphatic carbocycles. The zero-order valence-electron chi connectivity index (χ0n) is 12.0. The van der Waals surface area contributed by atoms with Crippen molar-refractivity contribution >= 4 is 24.8 Å². The molecule has 6 heteroatoms. The molecule has 0 radical (unpaired) electrons. The first-order chi connectivity index (χ1) is 8.76. The van der Waals surface area contributed by atoms with Crippen molar-refractivity contribution in [3.05, 3.63) is 23.8 Å². The molecule has 1 saturated heterocycles. The lowest BCUT2D eigenvalue weighted by atomic mass is 10.0. The summed E-state index contributed by atoms with van der Waals surface area (Å²) < 4.78 is 5.25. The van der Waals surface area contributed by atoms with Crippen molar-refractivity contribution in [2.24, 2.45) is 0 Å². The molecule has 1 fully saturated rings. The minimum atomic E-state index is 0. The average molecular weight is 323 g/mol. The van der Waals surface area contributed by atoms with Crippen LogP contribution in [0.2, 0.25) is 0 Å². The number of aromatic hydroxyl groups is 1. The number of rotatable bonds is 4. The Hall–Kier alpha value is -0.680. The summed E-state index contributed by atoms with van der Waals surface area (Å²) in [6.07, 6.45) is 0.987. The SMILES string of the molecule is CC[C@@H](c1cc(OC)ccc1O)N1CCNCC1.Cl.Cl. The maximum Gasteiger partial charge on any atom is 0.120 e. The summed E-state index contributed by atoms with van der Waals surface area (Å²) in [7, 11) is 1.65. The van der Waals surface area contributed by atoms with Gasteiger partial charge < -0.3 is 15.2 Å². The van der Waals surface area contributed by atoms with Crippen LogP contribution in [-0.2, 0) is 0 Å². The van der Waals surface area contributed by atoms with E-state index in [2.05, 4.69) is 17.1 Å². The molecule has 2 rings (SSSR count). The van der Waals surface area contributed by atoms with Crippen LogP contribution < -0.4 is 10.1 Å². The number of ether oxygens (including phenoxy) is 1. The minimum absolute atomic E-state index is 0. The van der Waals surface area contributed by atoms with Gasteiger partial charge >= 0.3 is 0 Å². The molecule has 1 aliphatic rings. The van der Waals surface area contributed by atoms with E-state index in [9.17, 15) is 5.11 Å². The summed E-state index contributed by atoms with van der Waals surface area (Å²) in [5.74, 6) is 1.16. The third kappa shape index (κ3) is 4.42. The van der Waals surface area contributed by atoms with E-state index in [0.717, 1.165) is 43.9 Å². The summed E-state index contributed by atoms with van der Waals surface area (Å²) in [6.45, 7) is 6.23. The van der Waals surface area contributed by atoms with Gasteiger partial charge in [-0.2, -0.15) is 0 Å². The summed E-state index contributed by atoms with van der Waals surface area (Å²) in [5, 5.41) is 13.4. The Bertz CT molecular complexity index is 399. The summed E-state index contributed by atoms with van der Waals surface area (Å²) >= 11 is 0. The number of hydrogen-bond acceptors (Lipinski definition) is 4. The molecule has 2 N–H and O–H groups in total. The highest BCUT2D eigenvalue weighted by Gasteiger charge is 2.23. The van der Waals surface area contributed by atoms with Crippen LogP contribution >= 0.6 is 24.8 Å². The largest absolute Gasteiger partial charge is 0.508 e. The quantitative estimate of drug-likeness (QED) is 0.894. The molecule has 1 aromatic carbocycles. The van der Waals surface area contributed by atoms with Gasteiger partial charge in [0, 0.05) is 37.8 Å². The monoisotopic (exact) mass is 322 g/mol. The molecule has 0 bridgehead atoms. The van der Waals surface area contributed by atoms with Crippen LogP contribution in [0.25, 0.3) is 0 Å². The number of hydrogen-bond donors (Lipinski definition) is 2. The van der Waals surface area contributed by atoms with Crippen LogP contribution in [0.3, 0.4) is 0 Å². The van der Waals surface area contributed by atoms with Crippen LogP contribution in [0.5, 0.6) is 11.5 Å². The van der Waals surface area contributed by atoms with Crippen molar-refractivity contribution in [2.45, 2.75) is 19.4 Å². The second-order valence-electron chi connectivity index (χ2n) is 4.63. The fraction of sp³-hybridized carbons (Fsp3) is 0.571. The number of piperazine rings is 1. The van der Waals surface area contributed by atoms with Gasteiger partial charge in [-0.15, -0.1) is 24.8 Å². The molecule has 1 heterocycles. The van der Waals surface area contributed by atoms with Crippen molar-refractivity contribution in [1.29, 1.82) is 0 Å². The third-order valence-electron chi connectivity index (χ3n) is 3.57. The molecule has 0 spiro atoms. The molecule has 1 aromatic rings. The smallest absolute Gasteiger partial charge is 0.120 e. The zero-order valence-corrected chi connectivity index (χ0v) is 13.6. The zero-order chi connectivity index (χ0) is 13.0. The first-order valence-electron chi connectivity index (χ1n) is 6.58. The summed E-state index contributed by atoms with van der Waals surface area (Å²) in [5.41, 5.74) is 0.971. The van der Waals surface area contributed by atoms with Crippen molar-refractivity contribution in [1.82, 2.24) is 10.2 Å². The lowest BCUT2D eigenvalue weighted by molar-refractivity contribution is 0.166. The summed E-state index contributed by atoms with van der Waals surface area (Å²) in [6, 6.07) is 5.73. The number of halogens is 2. The molecule has 0 saturated carbocycles. The van der Waals surface area contributed by atoms with E-state index < -0.39 is 0 Å². The fourth-order valence-corrected chi connectivity index (χ4v) is 2.60. The Labute approximate surface area is 133 Å². The number of nitrogens with one attached hydrogen (secondary N) is 1. The average Bonchev–Trinajstić information content (AvgIpc) is 2.43. The Morgan fingerprint density at radius 2 is 1.95 bits per heavy atom. The number of phenolic OH excluding ortho intramolecular Hbond substituents is 1. The van der Waals surface area contributed by atoms with Gasteiger partial charge in [-0.1, -0.05) is 6.92 Å². The molecule has 0 unspecified atom stereocenters. The van der Waals surface area contributed by atoms with Crippen molar-refractivity contribution in [2.75, 3.05) is 33.3 Å². The predicted octanol–water partition coefficient (Wildman–Crippen LogP) is 2.60. The van der Waals surface area contributed by atoms with E-state index in [0.29, 0.717) is 5.75 Å². The lowest BCUT2D eigenvalue weighted by Gasteiger charge is -2.35. The van der Waals surface area contributed by atoms with Crippen LogP contribution in [0, 0.1) is 0 Å². The highest BCUT2D eigenvalue weighted by atomic mass is 35.5. The van der Waals surface area contributed by atoms with Gasteiger partial charge in [0.2, 0.25) is 0 Å². The molecule has 20 heavy (non-hydrogen) atoms. The van der Waals surface area contributed by atoms with Crippen molar-refractivity contribution in [3.8, 4) is 11.5 Å². The molecule has 4 nitrogen and oxygen atoms in total. The van der Waals surface area contributed by atoms with Crippen molar-refractivity contribution < 1.29 is 9.84 Å². The number of benzene rings is 1. The van der Waals surface area contributed by atoms with E-state index in [1.54, 1.807) is 19.2 Å². The fourth-order valence-electron chi connectivity index (χ4n) is 2.60. The van der Waals surface area contributed by atoms with Gasteiger partial charge in [0.25, 0.3) is 0 Å². The third-order valence-corrected chi connectivity index (χ3v) is 3.57. The van der Waals surface area contributed by atoms with Gasteiger partial charge in [0.15, 0.2) is 0 Å². The highest BCUT2D eigenvalue weighted by molar-refractivity contribution is 5.85. The maximum atomic E-state index is 10.1. The molecule has 1 aliphatic heterocycles. The van der Waals surface area contributed by atoms with E-state index in [1.807, 2.05) is 6.07 Å². The maximum absolute atomic E-state index is 10.1. The molecule has 0 aromatic heterocycles. The minimum Gasteiger partial charge on any atom is -0.508 e. The van der Waals surface area contributed by atoms with Gasteiger partial charge in [0.1, 0.15) is 11.5 Å². The van der Waals surface area contributed by atoms with Crippen LogP contribution in [0.15, 0.2) is 18.2 Å². The first-order valence-corrected chi connectivity index (χ1v) is 6.58. The Kier molecular flexibility index (Phi) is 8.98. The van der Waals surface area contributed by atoms with Gasteiger partial charge in [-0.25, -0.2) is 0 Å². The van der Waals surface area contributed by atoms with Crippen LogP contribution in [0.1, 0.15) is 24.9 Å². The number of phenols is 1. The number of nitrogens with zero attached hydrogens (tertiary/aromatic N) is 1. The van der Waals surface area contributed by atoms with Gasteiger partial charge in [0.05, 0.1) is 7.11 Å². The predicted molar refractivity (Wildman–Crippen MR) is 86.6 cm³/mol. The van der Waals surface area contributed by atoms with Gasteiger partial charge in [-0.3, -0.25) is 4.90 Å². The molecular formula is C14H24Cl2N2O2. The lowest BCUT2D eigenvalue weighted by Crippen LogP contribution is -2.45. The Morgan fingerprint density at radius 3 is 2.50 bits per heavy atom. The van der Waals surface area contributed by atoms with E-state index in [4.69, 9.17) is 4.74 Å². The molecule has 0 amide bonds. The van der Waals surface area contributed by atoms with E-state index in [1.165, 1.54) is 0 Å². The van der Waals surface area contributed by atoms with E-state index >= 15 is 0 Å². The molecular weight excluding hydrogens is 299 g/mol. The summed E-state index contributed by atoms with van der Waals surface area (Å²) in [4.78, 5) is 2.42. The molecule has 116 valence electrons. The normalized spacial score (nSPS) is 16.7. The first kappa shape index (κ1) is 19.3. The Morgan fingerprint density at radius 1 is 1.30 bits per heavy atom. The molecule has 1 atom stereocenters. The standard InChI is InChI=1S/C14H22N2O2.2ClH/c1-3-13(16-8-6-15-7-9-16)12-10-11(18-2)4-5-14(12)17;;/h4-5,10,13,15,17H,3,6-9H2,1-2H3;2*1H/t13-;;/m0../s1.